The van der Waals surface area contributed by atoms with E-state index in [4.69, 9.17) is 21.9 Å². The van der Waals surface area contributed by atoms with Crippen molar-refractivity contribution < 1.29 is 4.74 Å². The first-order valence-corrected chi connectivity index (χ1v) is 3.59. The normalized spacial score (nSPS) is 48.0. The highest BCUT2D eigenvalue weighted by atomic mass is 16.5. The van der Waals surface area contributed by atoms with Crippen LogP contribution in [0.4, 0.5) is 0 Å². The fourth-order valence-electron chi connectivity index (χ4n) is 1.22. The summed E-state index contributed by atoms with van der Waals surface area (Å²) in [6.45, 7) is 2.01. The van der Waals surface area contributed by atoms with Crippen LogP contribution < -0.4 is 17.2 Å². The van der Waals surface area contributed by atoms with Gasteiger partial charge < -0.3 is 21.9 Å². The van der Waals surface area contributed by atoms with E-state index < -0.39 is 0 Å². The smallest absolute Gasteiger partial charge is 0.122 e. The van der Waals surface area contributed by atoms with Crippen LogP contribution in [0.15, 0.2) is 0 Å². The van der Waals surface area contributed by atoms with Gasteiger partial charge in [0.15, 0.2) is 0 Å². The quantitative estimate of drug-likeness (QED) is 0.429. The molecular formula is C6H15N3O. The van der Waals surface area contributed by atoms with Gasteiger partial charge >= 0.3 is 0 Å². The lowest BCUT2D eigenvalue weighted by atomic mass is 10.1. The second-order valence-corrected chi connectivity index (χ2v) is 2.70. The maximum absolute atomic E-state index is 5.69. The number of hydrogen-bond donors (Lipinski definition) is 3. The Bertz CT molecular complexity index is 120. The van der Waals surface area contributed by atoms with E-state index in [1.807, 2.05) is 6.92 Å². The molecule has 1 aliphatic rings. The van der Waals surface area contributed by atoms with Crippen LogP contribution in [0.3, 0.4) is 0 Å². The van der Waals surface area contributed by atoms with Crippen molar-refractivity contribution in [3.8, 4) is 0 Å². The lowest BCUT2D eigenvalue weighted by Gasteiger charge is -2.12. The van der Waals surface area contributed by atoms with E-state index in [2.05, 4.69) is 0 Å². The molecular weight excluding hydrogens is 130 g/mol. The van der Waals surface area contributed by atoms with Crippen LogP contribution in [0.5, 0.6) is 0 Å². The van der Waals surface area contributed by atoms with Gasteiger partial charge in [0.2, 0.25) is 0 Å². The van der Waals surface area contributed by atoms with E-state index in [9.17, 15) is 0 Å². The Morgan fingerprint density at radius 2 is 1.80 bits per heavy atom. The summed E-state index contributed by atoms with van der Waals surface area (Å²) in [5, 5.41) is 0. The first-order valence-electron chi connectivity index (χ1n) is 3.59. The Morgan fingerprint density at radius 1 is 1.20 bits per heavy atom. The number of nitrogens with two attached hydrogens (primary N) is 3. The average molecular weight is 145 g/mol. The molecule has 1 rings (SSSR count). The lowest BCUT2D eigenvalue weighted by Crippen LogP contribution is -2.48. The fourth-order valence-corrected chi connectivity index (χ4v) is 1.22. The van der Waals surface area contributed by atoms with E-state index >= 15 is 0 Å². The number of rotatable bonds is 1. The third-order valence-electron chi connectivity index (χ3n) is 1.99. The summed E-state index contributed by atoms with van der Waals surface area (Å²) >= 11 is 0. The molecule has 1 fully saturated rings. The third kappa shape index (κ3) is 1.15. The molecule has 0 aliphatic carbocycles. The van der Waals surface area contributed by atoms with Gasteiger partial charge in [-0.15, -0.1) is 0 Å². The average Bonchev–Trinajstić information content (AvgIpc) is 2.17. The third-order valence-corrected chi connectivity index (χ3v) is 1.99. The number of ether oxygens (including phenoxy) is 1. The molecule has 4 heteroatoms. The van der Waals surface area contributed by atoms with Crippen molar-refractivity contribution in [3.63, 3.8) is 0 Å². The van der Waals surface area contributed by atoms with E-state index in [-0.39, 0.29) is 24.4 Å². The van der Waals surface area contributed by atoms with Crippen LogP contribution in [0, 0.1) is 0 Å². The van der Waals surface area contributed by atoms with E-state index in [1.165, 1.54) is 0 Å². The highest BCUT2D eigenvalue weighted by Gasteiger charge is 2.36. The maximum atomic E-state index is 5.69. The Kier molecular flexibility index (Phi) is 2.25. The van der Waals surface area contributed by atoms with Crippen LogP contribution >= 0.6 is 0 Å². The Labute approximate surface area is 60.7 Å². The second-order valence-electron chi connectivity index (χ2n) is 2.70. The monoisotopic (exact) mass is 145 g/mol. The molecule has 4 atom stereocenters. The van der Waals surface area contributed by atoms with Gasteiger partial charge in [-0.3, -0.25) is 0 Å². The predicted molar refractivity (Wildman–Crippen MR) is 39.1 cm³/mol. The standard InChI is InChI=1S/C6H15N3O/c1-2-3-4(7)5(8)6(9)10-3/h3-6H,2,7-9H2,1H3/t3-,4?,5?,6-/m1/s1. The predicted octanol–water partition coefficient (Wildman–Crippen LogP) is -1.27. The van der Waals surface area contributed by atoms with Crippen molar-refractivity contribution in [2.24, 2.45) is 17.2 Å². The Morgan fingerprint density at radius 3 is 2.00 bits per heavy atom. The molecule has 0 amide bonds. The zero-order chi connectivity index (χ0) is 7.72. The van der Waals surface area contributed by atoms with E-state index in [1.54, 1.807) is 0 Å². The topological polar surface area (TPSA) is 87.3 Å². The molecule has 0 aromatic rings. The van der Waals surface area contributed by atoms with Gasteiger partial charge in [0.25, 0.3) is 0 Å². The molecule has 1 heterocycles. The first kappa shape index (κ1) is 7.94. The molecule has 1 aliphatic heterocycles. The lowest BCUT2D eigenvalue weighted by molar-refractivity contribution is 0.0409. The fraction of sp³-hybridized carbons (Fsp3) is 1.00. The van der Waals surface area contributed by atoms with Crippen molar-refractivity contribution in [3.05, 3.63) is 0 Å². The molecule has 6 N–H and O–H groups in total. The van der Waals surface area contributed by atoms with Gasteiger partial charge in [-0.05, 0) is 6.42 Å². The second kappa shape index (κ2) is 2.84. The Balaban J connectivity index is 2.53. The Hall–Kier alpha value is -0.160. The number of hydrogen-bond acceptors (Lipinski definition) is 4. The summed E-state index contributed by atoms with van der Waals surface area (Å²) in [5.41, 5.74) is 16.8. The molecule has 0 radical (unpaired) electrons. The molecule has 0 spiro atoms. The molecule has 1 saturated heterocycles. The highest BCUT2D eigenvalue weighted by molar-refractivity contribution is 4.93. The first-order chi connectivity index (χ1) is 4.66. The van der Waals surface area contributed by atoms with Crippen LogP contribution in [-0.4, -0.2) is 24.4 Å². The van der Waals surface area contributed by atoms with Crippen LogP contribution in [0.1, 0.15) is 13.3 Å². The molecule has 4 nitrogen and oxygen atoms in total. The van der Waals surface area contributed by atoms with Crippen LogP contribution in [-0.2, 0) is 4.74 Å². The zero-order valence-corrected chi connectivity index (χ0v) is 6.16. The van der Waals surface area contributed by atoms with Gasteiger partial charge in [-0.2, -0.15) is 0 Å². The summed E-state index contributed by atoms with van der Waals surface area (Å²) in [7, 11) is 0. The molecule has 0 aromatic carbocycles. The van der Waals surface area contributed by atoms with Crippen LogP contribution in [0.25, 0.3) is 0 Å². The molecule has 0 saturated carbocycles. The summed E-state index contributed by atoms with van der Waals surface area (Å²) in [6, 6.07) is -0.301. The summed E-state index contributed by atoms with van der Waals surface area (Å²) in [6.07, 6.45) is 0.549. The molecule has 0 aromatic heterocycles. The van der Waals surface area contributed by atoms with E-state index in [0.717, 1.165) is 6.42 Å². The molecule has 10 heavy (non-hydrogen) atoms. The van der Waals surface area contributed by atoms with E-state index in [0.29, 0.717) is 0 Å². The van der Waals surface area contributed by atoms with Gasteiger partial charge in [0, 0.05) is 6.04 Å². The van der Waals surface area contributed by atoms with Gasteiger partial charge in [0.05, 0.1) is 12.1 Å². The summed E-state index contributed by atoms with van der Waals surface area (Å²) < 4.78 is 5.26. The summed E-state index contributed by atoms with van der Waals surface area (Å²) in [5.74, 6) is 0. The SMILES string of the molecule is CC[C@H]1O[C@@H](N)C(N)C1N. The maximum Gasteiger partial charge on any atom is 0.122 e. The van der Waals surface area contributed by atoms with Crippen LogP contribution in [0.2, 0.25) is 0 Å². The highest BCUT2D eigenvalue weighted by Crippen LogP contribution is 2.16. The van der Waals surface area contributed by atoms with Gasteiger partial charge in [-0.25, -0.2) is 0 Å². The van der Waals surface area contributed by atoms with Crippen molar-refractivity contribution in [2.45, 2.75) is 37.8 Å². The minimum absolute atomic E-state index is 0.0463. The zero-order valence-electron chi connectivity index (χ0n) is 6.16. The van der Waals surface area contributed by atoms with Crippen molar-refractivity contribution >= 4 is 0 Å². The largest absolute Gasteiger partial charge is 0.357 e. The van der Waals surface area contributed by atoms with Gasteiger partial charge in [-0.1, -0.05) is 6.92 Å². The molecule has 60 valence electrons. The van der Waals surface area contributed by atoms with Gasteiger partial charge in [0.1, 0.15) is 6.23 Å². The molecule has 0 bridgehead atoms. The van der Waals surface area contributed by atoms with Crippen molar-refractivity contribution in [1.82, 2.24) is 0 Å². The minimum Gasteiger partial charge on any atom is -0.357 e. The summed E-state index contributed by atoms with van der Waals surface area (Å²) in [4.78, 5) is 0. The van der Waals surface area contributed by atoms with Crippen molar-refractivity contribution in [1.29, 1.82) is 0 Å². The van der Waals surface area contributed by atoms with Crippen molar-refractivity contribution in [2.75, 3.05) is 0 Å². The minimum atomic E-state index is -0.375. The molecule has 2 unspecified atom stereocenters.